The first-order chi connectivity index (χ1) is 7.97. The number of rotatable bonds is 5. The molecule has 0 aliphatic carbocycles. The number of nitrogens with zero attached hydrogens (tertiary/aromatic N) is 2. The van der Waals surface area contributed by atoms with Crippen LogP contribution in [0.1, 0.15) is 19.4 Å². The molecule has 1 aromatic rings. The molecule has 94 valence electrons. The molecule has 0 bridgehead atoms. The van der Waals surface area contributed by atoms with Crippen LogP contribution in [0.2, 0.25) is 0 Å². The summed E-state index contributed by atoms with van der Waals surface area (Å²) in [5.41, 5.74) is 6.65. The molecule has 3 N–H and O–H groups in total. The van der Waals surface area contributed by atoms with Crippen molar-refractivity contribution >= 4 is 11.7 Å². The Morgan fingerprint density at radius 2 is 2.29 bits per heavy atom. The van der Waals surface area contributed by atoms with Crippen molar-refractivity contribution < 1.29 is 4.79 Å². The minimum absolute atomic E-state index is 0.0320. The molecule has 0 saturated heterocycles. The van der Waals surface area contributed by atoms with Crippen LogP contribution in [0, 0.1) is 0 Å². The lowest BCUT2D eigenvalue weighted by Crippen LogP contribution is -2.38. The van der Waals surface area contributed by atoms with Gasteiger partial charge in [-0.25, -0.2) is 4.98 Å². The van der Waals surface area contributed by atoms with E-state index in [1.165, 1.54) is 0 Å². The van der Waals surface area contributed by atoms with E-state index in [0.29, 0.717) is 18.9 Å². The van der Waals surface area contributed by atoms with E-state index in [2.05, 4.69) is 10.3 Å². The summed E-state index contributed by atoms with van der Waals surface area (Å²) in [6.07, 6.45) is 1.67. The van der Waals surface area contributed by atoms with Gasteiger partial charge >= 0.3 is 0 Å². The molecule has 1 amide bonds. The van der Waals surface area contributed by atoms with Crippen LogP contribution in [-0.2, 0) is 11.3 Å². The Morgan fingerprint density at radius 3 is 2.88 bits per heavy atom. The minimum Gasteiger partial charge on any atom is -0.384 e. The molecular formula is C12H20N4O. The van der Waals surface area contributed by atoms with E-state index in [-0.39, 0.29) is 11.9 Å². The van der Waals surface area contributed by atoms with Gasteiger partial charge in [0.2, 0.25) is 5.91 Å². The number of amides is 1. The normalized spacial score (nSPS) is 10.9. The summed E-state index contributed by atoms with van der Waals surface area (Å²) in [4.78, 5) is 17.4. The molecule has 0 fully saturated rings. The Kier molecular flexibility index (Phi) is 4.90. The fraction of sp³-hybridized carbons (Fsp3) is 0.500. The summed E-state index contributed by atoms with van der Waals surface area (Å²) >= 11 is 0. The molecule has 5 nitrogen and oxygen atoms in total. The van der Waals surface area contributed by atoms with Crippen LogP contribution in [0.4, 0.5) is 5.82 Å². The Bertz CT molecular complexity index is 379. The number of hydrogen-bond donors (Lipinski definition) is 2. The van der Waals surface area contributed by atoms with Gasteiger partial charge < -0.3 is 11.1 Å². The molecule has 1 rings (SSSR count). The first kappa shape index (κ1) is 13.4. The number of carbonyl (C=O) groups excluding carboxylic acids is 1. The second-order valence-corrected chi connectivity index (χ2v) is 4.48. The van der Waals surface area contributed by atoms with E-state index < -0.39 is 0 Å². The number of anilines is 1. The molecule has 0 atom stereocenters. The number of hydrogen-bond acceptors (Lipinski definition) is 4. The van der Waals surface area contributed by atoms with Crippen molar-refractivity contribution in [3.63, 3.8) is 0 Å². The van der Waals surface area contributed by atoms with Gasteiger partial charge in [0.25, 0.3) is 0 Å². The van der Waals surface area contributed by atoms with Gasteiger partial charge in [-0.1, -0.05) is 0 Å². The Morgan fingerprint density at radius 1 is 1.59 bits per heavy atom. The highest BCUT2D eigenvalue weighted by Gasteiger charge is 2.08. The lowest BCUT2D eigenvalue weighted by molar-refractivity contribution is -0.122. The van der Waals surface area contributed by atoms with E-state index in [9.17, 15) is 4.79 Å². The molecule has 0 saturated carbocycles. The smallest absolute Gasteiger partial charge is 0.234 e. The zero-order valence-corrected chi connectivity index (χ0v) is 10.6. The fourth-order valence-corrected chi connectivity index (χ4v) is 1.57. The minimum atomic E-state index is 0.0320. The number of nitrogens with one attached hydrogen (secondary N) is 1. The van der Waals surface area contributed by atoms with Gasteiger partial charge in [0.1, 0.15) is 5.82 Å². The van der Waals surface area contributed by atoms with Crippen molar-refractivity contribution in [3.8, 4) is 0 Å². The van der Waals surface area contributed by atoms with Crippen LogP contribution in [-0.4, -0.2) is 35.4 Å². The fourth-order valence-electron chi connectivity index (χ4n) is 1.57. The highest BCUT2D eigenvalue weighted by Crippen LogP contribution is 2.05. The summed E-state index contributed by atoms with van der Waals surface area (Å²) < 4.78 is 0. The number of pyridine rings is 1. The van der Waals surface area contributed by atoms with Gasteiger partial charge in [0, 0.05) is 18.8 Å². The Labute approximate surface area is 102 Å². The largest absolute Gasteiger partial charge is 0.384 e. The molecule has 5 heteroatoms. The first-order valence-electron chi connectivity index (χ1n) is 5.65. The number of carbonyl (C=O) groups is 1. The highest BCUT2D eigenvalue weighted by molar-refractivity contribution is 5.78. The molecule has 0 spiro atoms. The van der Waals surface area contributed by atoms with Crippen LogP contribution < -0.4 is 11.1 Å². The SMILES string of the molecule is CC(C)NC(=O)CN(C)Cc1ccnc(N)c1. The first-order valence-corrected chi connectivity index (χ1v) is 5.65. The second kappa shape index (κ2) is 6.20. The maximum atomic E-state index is 11.5. The van der Waals surface area contributed by atoms with E-state index in [0.717, 1.165) is 5.56 Å². The molecule has 0 aliphatic heterocycles. The topological polar surface area (TPSA) is 71.2 Å². The van der Waals surface area contributed by atoms with Crippen LogP contribution >= 0.6 is 0 Å². The number of aromatic nitrogens is 1. The molecule has 1 aromatic heterocycles. The van der Waals surface area contributed by atoms with Crippen molar-refractivity contribution in [1.29, 1.82) is 0 Å². The van der Waals surface area contributed by atoms with Crippen LogP contribution in [0.3, 0.4) is 0 Å². The van der Waals surface area contributed by atoms with Crippen molar-refractivity contribution in [1.82, 2.24) is 15.2 Å². The summed E-state index contributed by atoms with van der Waals surface area (Å²) in [7, 11) is 1.90. The molecular weight excluding hydrogens is 216 g/mol. The quantitative estimate of drug-likeness (QED) is 0.786. The molecule has 0 aliphatic rings. The second-order valence-electron chi connectivity index (χ2n) is 4.48. The van der Waals surface area contributed by atoms with Gasteiger partial charge in [-0.15, -0.1) is 0 Å². The van der Waals surface area contributed by atoms with Gasteiger partial charge in [0.15, 0.2) is 0 Å². The summed E-state index contributed by atoms with van der Waals surface area (Å²) in [5, 5.41) is 2.85. The zero-order chi connectivity index (χ0) is 12.8. The van der Waals surface area contributed by atoms with Gasteiger partial charge in [-0.3, -0.25) is 9.69 Å². The van der Waals surface area contributed by atoms with E-state index in [1.54, 1.807) is 6.20 Å². The van der Waals surface area contributed by atoms with Crippen molar-refractivity contribution in [3.05, 3.63) is 23.9 Å². The third kappa shape index (κ3) is 5.31. The van der Waals surface area contributed by atoms with Crippen LogP contribution in [0.5, 0.6) is 0 Å². The summed E-state index contributed by atoms with van der Waals surface area (Å²) in [5.74, 6) is 0.534. The summed E-state index contributed by atoms with van der Waals surface area (Å²) in [6, 6.07) is 3.89. The maximum absolute atomic E-state index is 11.5. The molecule has 0 radical (unpaired) electrons. The molecule has 0 unspecified atom stereocenters. The van der Waals surface area contributed by atoms with Gasteiger partial charge in [-0.05, 0) is 38.6 Å². The van der Waals surface area contributed by atoms with Crippen LogP contribution in [0.25, 0.3) is 0 Å². The number of nitrogens with two attached hydrogens (primary N) is 1. The predicted molar refractivity (Wildman–Crippen MR) is 68.3 cm³/mol. The third-order valence-corrected chi connectivity index (χ3v) is 2.16. The standard InChI is InChI=1S/C12H20N4O/c1-9(2)15-12(17)8-16(3)7-10-4-5-14-11(13)6-10/h4-6,9H,7-8H2,1-3H3,(H2,13,14)(H,15,17). The average molecular weight is 236 g/mol. The monoisotopic (exact) mass is 236 g/mol. The maximum Gasteiger partial charge on any atom is 0.234 e. The molecule has 0 aromatic carbocycles. The van der Waals surface area contributed by atoms with Gasteiger partial charge in [-0.2, -0.15) is 0 Å². The van der Waals surface area contributed by atoms with E-state index >= 15 is 0 Å². The van der Waals surface area contributed by atoms with Gasteiger partial charge in [0.05, 0.1) is 6.54 Å². The molecule has 17 heavy (non-hydrogen) atoms. The number of likely N-dealkylation sites (N-methyl/N-ethyl adjacent to an activating group) is 1. The third-order valence-electron chi connectivity index (χ3n) is 2.16. The number of nitrogen functional groups attached to an aromatic ring is 1. The average Bonchev–Trinajstić information content (AvgIpc) is 2.14. The van der Waals surface area contributed by atoms with Crippen molar-refractivity contribution in [2.45, 2.75) is 26.4 Å². The molecule has 1 heterocycles. The van der Waals surface area contributed by atoms with Crippen molar-refractivity contribution in [2.24, 2.45) is 0 Å². The zero-order valence-electron chi connectivity index (χ0n) is 10.6. The lowest BCUT2D eigenvalue weighted by Gasteiger charge is -2.17. The Hall–Kier alpha value is -1.62. The highest BCUT2D eigenvalue weighted by atomic mass is 16.2. The lowest BCUT2D eigenvalue weighted by atomic mass is 10.2. The van der Waals surface area contributed by atoms with Crippen molar-refractivity contribution in [2.75, 3.05) is 19.3 Å². The van der Waals surface area contributed by atoms with E-state index in [1.807, 2.05) is 37.9 Å². The predicted octanol–water partition coefficient (Wildman–Crippen LogP) is 0.620. The van der Waals surface area contributed by atoms with Crippen LogP contribution in [0.15, 0.2) is 18.3 Å². The summed E-state index contributed by atoms with van der Waals surface area (Å²) in [6.45, 7) is 4.95. The van der Waals surface area contributed by atoms with E-state index in [4.69, 9.17) is 5.73 Å². The Balaban J connectivity index is 2.44.